The van der Waals surface area contributed by atoms with Gasteiger partial charge in [-0.1, -0.05) is 37.1 Å². The lowest BCUT2D eigenvalue weighted by atomic mass is 10.1. The van der Waals surface area contributed by atoms with Crippen molar-refractivity contribution in [1.29, 1.82) is 0 Å². The number of aromatic nitrogens is 2. The number of nitrogens with zero attached hydrogens (tertiary/aromatic N) is 4. The van der Waals surface area contributed by atoms with Crippen LogP contribution in [0.4, 0.5) is 5.13 Å². The Kier molecular flexibility index (Phi) is 7.60. The molecular formula is C24H27ClN4O2S. The first kappa shape index (κ1) is 22.6. The molecule has 0 bridgehead atoms. The van der Waals surface area contributed by atoms with E-state index in [2.05, 4.69) is 16.2 Å². The molecule has 0 atom stereocenters. The molecule has 0 N–H and O–H groups in total. The number of amides is 1. The summed E-state index contributed by atoms with van der Waals surface area (Å²) in [5, 5.41) is 1.64. The third-order valence-electron chi connectivity index (χ3n) is 5.44. The van der Waals surface area contributed by atoms with Crippen LogP contribution < -0.4 is 9.64 Å². The van der Waals surface area contributed by atoms with Crippen LogP contribution in [0.5, 0.6) is 5.75 Å². The molecule has 4 rings (SSSR count). The minimum absolute atomic E-state index is 0.0606. The van der Waals surface area contributed by atoms with Crippen LogP contribution in [0.15, 0.2) is 48.5 Å². The van der Waals surface area contributed by atoms with Crippen LogP contribution in [-0.2, 0) is 6.42 Å². The van der Waals surface area contributed by atoms with Crippen molar-refractivity contribution in [2.45, 2.75) is 26.2 Å². The van der Waals surface area contributed by atoms with Crippen molar-refractivity contribution in [3.8, 4) is 5.75 Å². The predicted octanol–water partition coefficient (Wildman–Crippen LogP) is 4.92. The number of benzene rings is 2. The van der Waals surface area contributed by atoms with Gasteiger partial charge in [0.05, 0.1) is 6.61 Å². The van der Waals surface area contributed by atoms with Crippen LogP contribution >= 0.6 is 23.1 Å². The van der Waals surface area contributed by atoms with Crippen molar-refractivity contribution < 1.29 is 9.53 Å². The standard InChI is InChI=1S/C24H27ClN4O2S/c1-2-3-16-31-21-10-6-19(7-11-21)23(30)28-12-14-29(15-13-28)24-26-22(27-32-24)17-18-4-8-20(25)9-5-18/h4-11H,2-3,12-17H2,1H3. The highest BCUT2D eigenvalue weighted by molar-refractivity contribution is 7.09. The fourth-order valence-electron chi connectivity index (χ4n) is 3.54. The molecule has 6 nitrogen and oxygen atoms in total. The van der Waals surface area contributed by atoms with Crippen molar-refractivity contribution >= 4 is 34.2 Å². The average Bonchev–Trinajstić information content (AvgIpc) is 3.29. The summed E-state index contributed by atoms with van der Waals surface area (Å²) < 4.78 is 10.2. The van der Waals surface area contributed by atoms with E-state index in [0.29, 0.717) is 31.7 Å². The van der Waals surface area contributed by atoms with Gasteiger partial charge in [0.25, 0.3) is 5.91 Å². The molecule has 0 aliphatic carbocycles. The molecule has 2 aromatic carbocycles. The van der Waals surface area contributed by atoms with Crippen LogP contribution in [0, 0.1) is 0 Å². The summed E-state index contributed by atoms with van der Waals surface area (Å²) in [4.78, 5) is 21.7. The molecule has 168 valence electrons. The van der Waals surface area contributed by atoms with Gasteiger partial charge < -0.3 is 14.5 Å². The van der Waals surface area contributed by atoms with Crippen molar-refractivity contribution in [2.24, 2.45) is 0 Å². The first-order chi connectivity index (χ1) is 15.6. The Bertz CT molecular complexity index is 1020. The largest absolute Gasteiger partial charge is 0.494 e. The first-order valence-electron chi connectivity index (χ1n) is 11.0. The zero-order valence-corrected chi connectivity index (χ0v) is 19.7. The van der Waals surface area contributed by atoms with Crippen molar-refractivity contribution in [3.05, 3.63) is 70.5 Å². The number of anilines is 1. The number of hydrogen-bond acceptors (Lipinski definition) is 6. The second kappa shape index (κ2) is 10.8. The van der Waals surface area contributed by atoms with E-state index >= 15 is 0 Å². The molecule has 1 saturated heterocycles. The van der Waals surface area contributed by atoms with E-state index in [-0.39, 0.29) is 5.91 Å². The van der Waals surface area contributed by atoms with Gasteiger partial charge in [0.2, 0.25) is 5.13 Å². The van der Waals surface area contributed by atoms with Crippen molar-refractivity contribution in [3.63, 3.8) is 0 Å². The molecule has 1 aromatic heterocycles. The number of piperazine rings is 1. The summed E-state index contributed by atoms with van der Waals surface area (Å²) in [5.41, 5.74) is 1.83. The summed E-state index contributed by atoms with van der Waals surface area (Å²) in [5.74, 6) is 1.68. The van der Waals surface area contributed by atoms with Gasteiger partial charge in [0.15, 0.2) is 0 Å². The minimum atomic E-state index is 0.0606. The zero-order valence-electron chi connectivity index (χ0n) is 18.2. The van der Waals surface area contributed by atoms with Crippen LogP contribution in [0.2, 0.25) is 5.02 Å². The maximum absolute atomic E-state index is 12.9. The third-order valence-corrected chi connectivity index (χ3v) is 6.50. The normalized spacial score (nSPS) is 13.9. The maximum atomic E-state index is 12.9. The second-order valence-electron chi connectivity index (χ2n) is 7.80. The predicted molar refractivity (Wildman–Crippen MR) is 129 cm³/mol. The number of halogens is 1. The summed E-state index contributed by atoms with van der Waals surface area (Å²) in [7, 11) is 0. The minimum Gasteiger partial charge on any atom is -0.494 e. The van der Waals surface area contributed by atoms with Crippen molar-refractivity contribution in [1.82, 2.24) is 14.3 Å². The molecule has 0 radical (unpaired) electrons. The van der Waals surface area contributed by atoms with Gasteiger partial charge in [-0.05, 0) is 48.4 Å². The summed E-state index contributed by atoms with van der Waals surface area (Å²) in [6, 6.07) is 15.2. The van der Waals surface area contributed by atoms with E-state index in [0.717, 1.165) is 53.2 Å². The molecule has 8 heteroatoms. The number of hydrogen-bond donors (Lipinski definition) is 0. The maximum Gasteiger partial charge on any atom is 0.253 e. The molecule has 1 aliphatic rings. The van der Waals surface area contributed by atoms with Crippen molar-refractivity contribution in [2.75, 3.05) is 37.7 Å². The summed E-state index contributed by atoms with van der Waals surface area (Å²) >= 11 is 7.37. The topological polar surface area (TPSA) is 58.6 Å². The first-order valence-corrected chi connectivity index (χ1v) is 12.1. The number of carbonyl (C=O) groups excluding carboxylic acids is 1. The molecule has 32 heavy (non-hydrogen) atoms. The zero-order chi connectivity index (χ0) is 22.3. The van der Waals surface area contributed by atoms with Crippen LogP contribution in [0.3, 0.4) is 0 Å². The highest BCUT2D eigenvalue weighted by Crippen LogP contribution is 2.22. The second-order valence-corrected chi connectivity index (χ2v) is 8.97. The molecule has 1 aliphatic heterocycles. The lowest BCUT2D eigenvalue weighted by molar-refractivity contribution is 0.0746. The van der Waals surface area contributed by atoms with Crippen LogP contribution in [-0.4, -0.2) is 53.0 Å². The molecule has 0 unspecified atom stereocenters. The molecule has 3 aromatic rings. The van der Waals surface area contributed by atoms with E-state index in [1.807, 2.05) is 53.4 Å². The van der Waals surface area contributed by atoms with E-state index in [4.69, 9.17) is 21.3 Å². The number of carbonyl (C=O) groups is 1. The highest BCUT2D eigenvalue weighted by atomic mass is 35.5. The fourth-order valence-corrected chi connectivity index (χ4v) is 4.40. The Morgan fingerprint density at radius 2 is 1.78 bits per heavy atom. The Morgan fingerprint density at radius 1 is 1.06 bits per heavy atom. The average molecular weight is 471 g/mol. The van der Waals surface area contributed by atoms with Crippen LogP contribution in [0.1, 0.15) is 41.5 Å². The summed E-state index contributed by atoms with van der Waals surface area (Å²) in [6.07, 6.45) is 2.82. The molecule has 1 amide bonds. The van der Waals surface area contributed by atoms with Crippen LogP contribution in [0.25, 0.3) is 0 Å². The van der Waals surface area contributed by atoms with Gasteiger partial charge in [-0.3, -0.25) is 4.79 Å². The SMILES string of the molecule is CCCCOc1ccc(C(=O)N2CCN(c3nc(Cc4ccc(Cl)cc4)ns3)CC2)cc1. The van der Waals surface area contributed by atoms with Gasteiger partial charge >= 0.3 is 0 Å². The Hall–Kier alpha value is -2.64. The summed E-state index contributed by atoms with van der Waals surface area (Å²) in [6.45, 7) is 5.67. The number of ether oxygens (including phenoxy) is 1. The lowest BCUT2D eigenvalue weighted by Gasteiger charge is -2.34. The highest BCUT2D eigenvalue weighted by Gasteiger charge is 2.24. The van der Waals surface area contributed by atoms with E-state index < -0.39 is 0 Å². The number of rotatable bonds is 8. The lowest BCUT2D eigenvalue weighted by Crippen LogP contribution is -2.48. The van der Waals surface area contributed by atoms with Gasteiger partial charge in [0.1, 0.15) is 11.6 Å². The van der Waals surface area contributed by atoms with Gasteiger partial charge in [0, 0.05) is 54.7 Å². The quantitative estimate of drug-likeness (QED) is 0.437. The number of unbranched alkanes of at least 4 members (excludes halogenated alkanes) is 1. The fraction of sp³-hybridized carbons (Fsp3) is 0.375. The van der Waals surface area contributed by atoms with Gasteiger partial charge in [-0.15, -0.1) is 0 Å². The molecule has 1 fully saturated rings. The van der Waals surface area contributed by atoms with E-state index in [1.165, 1.54) is 11.5 Å². The molecule has 2 heterocycles. The molecule has 0 spiro atoms. The molecule has 0 saturated carbocycles. The monoisotopic (exact) mass is 470 g/mol. The van der Waals surface area contributed by atoms with E-state index in [1.54, 1.807) is 0 Å². The Labute approximate surface area is 198 Å². The molecular weight excluding hydrogens is 444 g/mol. The van der Waals surface area contributed by atoms with Gasteiger partial charge in [-0.25, -0.2) is 4.98 Å². The van der Waals surface area contributed by atoms with E-state index in [9.17, 15) is 4.79 Å². The smallest absolute Gasteiger partial charge is 0.253 e. The Morgan fingerprint density at radius 3 is 2.47 bits per heavy atom. The third kappa shape index (κ3) is 5.78. The van der Waals surface area contributed by atoms with Gasteiger partial charge in [-0.2, -0.15) is 4.37 Å². The Balaban J connectivity index is 1.29.